The standard InChI is InChI=1S/C20H24N2O6/c1-25-16-10-15(11-17(26-2)19(16)28-4)21-20(24)22(13-18(23)27-3)12-14-8-6-5-7-9-14/h5-11H,12-13H2,1-4H3,(H,21,24). The lowest BCUT2D eigenvalue weighted by Gasteiger charge is -2.22. The van der Waals surface area contributed by atoms with Crippen LogP contribution < -0.4 is 19.5 Å². The third-order valence-electron chi connectivity index (χ3n) is 3.97. The number of amides is 2. The normalized spacial score (nSPS) is 10.0. The molecule has 0 saturated carbocycles. The SMILES string of the molecule is COC(=O)CN(Cc1ccccc1)C(=O)Nc1cc(OC)c(OC)c(OC)c1. The minimum absolute atomic E-state index is 0.193. The smallest absolute Gasteiger partial charge is 0.325 e. The molecule has 0 atom stereocenters. The fourth-order valence-corrected chi connectivity index (χ4v) is 2.58. The number of benzene rings is 2. The van der Waals surface area contributed by atoms with Crippen LogP contribution in [0.5, 0.6) is 17.2 Å². The van der Waals surface area contributed by atoms with Crippen molar-refractivity contribution in [3.63, 3.8) is 0 Å². The fourth-order valence-electron chi connectivity index (χ4n) is 2.58. The molecular formula is C20H24N2O6. The van der Waals surface area contributed by atoms with Crippen LogP contribution in [0.15, 0.2) is 42.5 Å². The van der Waals surface area contributed by atoms with E-state index in [1.54, 1.807) is 12.1 Å². The van der Waals surface area contributed by atoms with E-state index in [1.165, 1.54) is 33.3 Å². The van der Waals surface area contributed by atoms with Crippen LogP contribution in [0, 0.1) is 0 Å². The summed E-state index contributed by atoms with van der Waals surface area (Å²) in [7, 11) is 5.75. The first-order valence-corrected chi connectivity index (χ1v) is 8.49. The van der Waals surface area contributed by atoms with Gasteiger partial charge in [-0.2, -0.15) is 0 Å². The second-order valence-electron chi connectivity index (χ2n) is 5.76. The highest BCUT2D eigenvalue weighted by Gasteiger charge is 2.20. The van der Waals surface area contributed by atoms with Gasteiger partial charge in [-0.3, -0.25) is 4.79 Å². The lowest BCUT2D eigenvalue weighted by molar-refractivity contribution is -0.141. The molecule has 0 saturated heterocycles. The van der Waals surface area contributed by atoms with Gasteiger partial charge in [-0.1, -0.05) is 30.3 Å². The molecule has 0 radical (unpaired) electrons. The number of hydrogen-bond donors (Lipinski definition) is 1. The monoisotopic (exact) mass is 388 g/mol. The van der Waals surface area contributed by atoms with Gasteiger partial charge in [0, 0.05) is 18.7 Å². The van der Waals surface area contributed by atoms with E-state index in [9.17, 15) is 9.59 Å². The Morgan fingerprint density at radius 2 is 1.54 bits per heavy atom. The summed E-state index contributed by atoms with van der Waals surface area (Å²) in [6.07, 6.45) is 0. The molecule has 0 aromatic heterocycles. The van der Waals surface area contributed by atoms with Crippen LogP contribution in [0.1, 0.15) is 5.56 Å². The van der Waals surface area contributed by atoms with E-state index < -0.39 is 12.0 Å². The molecule has 0 aliphatic carbocycles. The van der Waals surface area contributed by atoms with Gasteiger partial charge in [-0.15, -0.1) is 0 Å². The number of anilines is 1. The zero-order valence-electron chi connectivity index (χ0n) is 16.4. The van der Waals surface area contributed by atoms with Crippen LogP contribution in [-0.4, -0.2) is 51.9 Å². The summed E-state index contributed by atoms with van der Waals surface area (Å²) in [6, 6.07) is 12.1. The number of rotatable bonds is 8. The fraction of sp³-hybridized carbons (Fsp3) is 0.300. The van der Waals surface area contributed by atoms with Gasteiger partial charge in [0.05, 0.1) is 34.1 Å². The van der Waals surface area contributed by atoms with E-state index in [0.717, 1.165) is 5.56 Å². The molecule has 8 nitrogen and oxygen atoms in total. The van der Waals surface area contributed by atoms with Gasteiger partial charge >= 0.3 is 12.0 Å². The molecule has 150 valence electrons. The van der Waals surface area contributed by atoms with Crippen LogP contribution in [0.3, 0.4) is 0 Å². The van der Waals surface area contributed by atoms with Crippen LogP contribution in [0.2, 0.25) is 0 Å². The zero-order chi connectivity index (χ0) is 20.5. The van der Waals surface area contributed by atoms with E-state index in [2.05, 4.69) is 5.32 Å². The first-order chi connectivity index (χ1) is 13.5. The molecule has 0 bridgehead atoms. The second kappa shape index (κ2) is 10.1. The molecule has 0 fully saturated rings. The van der Waals surface area contributed by atoms with Crippen molar-refractivity contribution in [2.75, 3.05) is 40.3 Å². The lowest BCUT2D eigenvalue weighted by atomic mass is 10.2. The van der Waals surface area contributed by atoms with Gasteiger partial charge in [0.25, 0.3) is 0 Å². The van der Waals surface area contributed by atoms with Crippen LogP contribution in [0.4, 0.5) is 10.5 Å². The summed E-state index contributed by atoms with van der Waals surface area (Å²) < 4.78 is 20.6. The molecule has 1 N–H and O–H groups in total. The number of esters is 1. The van der Waals surface area contributed by atoms with Gasteiger partial charge in [-0.05, 0) is 5.56 Å². The van der Waals surface area contributed by atoms with Crippen molar-refractivity contribution in [1.82, 2.24) is 4.90 Å². The lowest BCUT2D eigenvalue weighted by Crippen LogP contribution is -2.38. The predicted molar refractivity (Wildman–Crippen MR) is 104 cm³/mol. The maximum absolute atomic E-state index is 12.8. The largest absolute Gasteiger partial charge is 0.493 e. The van der Waals surface area contributed by atoms with Crippen molar-refractivity contribution in [3.8, 4) is 17.2 Å². The van der Waals surface area contributed by atoms with Crippen molar-refractivity contribution in [1.29, 1.82) is 0 Å². The summed E-state index contributed by atoms with van der Waals surface area (Å²) in [6.45, 7) is 0.0495. The van der Waals surface area contributed by atoms with Gasteiger partial charge in [0.1, 0.15) is 6.54 Å². The van der Waals surface area contributed by atoms with E-state index in [0.29, 0.717) is 22.9 Å². The summed E-state index contributed by atoms with van der Waals surface area (Å²) in [4.78, 5) is 25.9. The van der Waals surface area contributed by atoms with Gasteiger partial charge < -0.3 is 29.2 Å². The Hall–Kier alpha value is -3.42. The molecule has 28 heavy (non-hydrogen) atoms. The van der Waals surface area contributed by atoms with Crippen molar-refractivity contribution in [3.05, 3.63) is 48.0 Å². The number of ether oxygens (including phenoxy) is 4. The summed E-state index contributed by atoms with van der Waals surface area (Å²) in [5.41, 5.74) is 1.31. The average molecular weight is 388 g/mol. The molecule has 0 spiro atoms. The molecule has 0 heterocycles. The van der Waals surface area contributed by atoms with Crippen LogP contribution >= 0.6 is 0 Å². The first kappa shape index (κ1) is 20.9. The topological polar surface area (TPSA) is 86.3 Å². The molecule has 2 rings (SSSR count). The van der Waals surface area contributed by atoms with E-state index in [-0.39, 0.29) is 13.1 Å². The first-order valence-electron chi connectivity index (χ1n) is 8.49. The molecular weight excluding hydrogens is 364 g/mol. The number of carbonyl (C=O) groups is 2. The summed E-state index contributed by atoms with van der Waals surface area (Å²) in [5, 5.41) is 2.76. The molecule has 8 heteroatoms. The average Bonchev–Trinajstić information content (AvgIpc) is 2.72. The van der Waals surface area contributed by atoms with Gasteiger partial charge in [0.2, 0.25) is 5.75 Å². The highest BCUT2D eigenvalue weighted by molar-refractivity contribution is 5.92. The molecule has 0 aliphatic heterocycles. The predicted octanol–water partition coefficient (Wildman–Crippen LogP) is 2.92. The summed E-state index contributed by atoms with van der Waals surface area (Å²) in [5.74, 6) is 0.703. The Morgan fingerprint density at radius 1 is 0.929 bits per heavy atom. The van der Waals surface area contributed by atoms with Crippen molar-refractivity contribution >= 4 is 17.7 Å². The molecule has 2 amide bonds. The highest BCUT2D eigenvalue weighted by Crippen LogP contribution is 2.40. The molecule has 0 aliphatic rings. The number of nitrogens with one attached hydrogen (secondary N) is 1. The Kier molecular flexibility index (Phi) is 7.50. The third-order valence-corrected chi connectivity index (χ3v) is 3.97. The Labute approximate surface area is 163 Å². The van der Waals surface area contributed by atoms with Gasteiger partial charge in [0.15, 0.2) is 11.5 Å². The summed E-state index contributed by atoms with van der Waals surface area (Å²) >= 11 is 0. The number of methoxy groups -OCH3 is 4. The molecule has 0 unspecified atom stereocenters. The Morgan fingerprint density at radius 3 is 2.04 bits per heavy atom. The van der Waals surface area contributed by atoms with E-state index in [1.807, 2.05) is 30.3 Å². The minimum Gasteiger partial charge on any atom is -0.493 e. The van der Waals surface area contributed by atoms with Crippen molar-refractivity contribution < 1.29 is 28.5 Å². The second-order valence-corrected chi connectivity index (χ2v) is 5.76. The quantitative estimate of drug-likeness (QED) is 0.700. The number of urea groups is 1. The Balaban J connectivity index is 2.25. The third kappa shape index (κ3) is 5.29. The zero-order valence-corrected chi connectivity index (χ0v) is 16.4. The maximum atomic E-state index is 12.8. The van der Waals surface area contributed by atoms with E-state index in [4.69, 9.17) is 18.9 Å². The Bertz CT molecular complexity index is 785. The van der Waals surface area contributed by atoms with Crippen molar-refractivity contribution in [2.24, 2.45) is 0 Å². The minimum atomic E-state index is -0.518. The van der Waals surface area contributed by atoms with Crippen molar-refractivity contribution in [2.45, 2.75) is 6.54 Å². The highest BCUT2D eigenvalue weighted by atomic mass is 16.5. The maximum Gasteiger partial charge on any atom is 0.325 e. The van der Waals surface area contributed by atoms with Crippen LogP contribution in [0.25, 0.3) is 0 Å². The van der Waals surface area contributed by atoms with E-state index >= 15 is 0 Å². The number of carbonyl (C=O) groups excluding carboxylic acids is 2. The number of hydrogen-bond acceptors (Lipinski definition) is 6. The molecule has 2 aromatic carbocycles. The number of nitrogens with zero attached hydrogens (tertiary/aromatic N) is 1. The molecule has 2 aromatic rings. The van der Waals surface area contributed by atoms with Crippen LogP contribution in [-0.2, 0) is 16.1 Å². The van der Waals surface area contributed by atoms with Gasteiger partial charge in [-0.25, -0.2) is 4.79 Å².